The molecule has 0 amide bonds. The molecule has 4 nitrogen and oxygen atoms in total. The number of hydrogen-bond acceptors (Lipinski definition) is 4. The zero-order valence-corrected chi connectivity index (χ0v) is 12.8. The Balaban J connectivity index is 4.03. The van der Waals surface area contributed by atoms with E-state index in [0.717, 1.165) is 19.3 Å². The zero-order chi connectivity index (χ0) is 14.3. The molecule has 0 aromatic carbocycles. The Morgan fingerprint density at radius 3 is 2.11 bits per heavy atom. The number of carbonyl (C=O) groups is 1. The first-order valence-electron chi connectivity index (χ1n) is 6.66. The molecule has 0 fully saturated rings. The molecule has 18 heavy (non-hydrogen) atoms. The number of nitrogens with two attached hydrogens (primary N) is 1. The number of sulfone groups is 1. The minimum Gasteiger partial charge on any atom is -0.328 e. The number of rotatable bonds is 9. The molecule has 0 saturated carbocycles. The lowest BCUT2D eigenvalue weighted by Crippen LogP contribution is -2.22. The molecule has 0 bridgehead atoms. The first-order valence-corrected chi connectivity index (χ1v) is 8.38. The van der Waals surface area contributed by atoms with E-state index in [1.54, 1.807) is 13.8 Å². The smallest absolute Gasteiger partial charge is 0.153 e. The first kappa shape index (κ1) is 17.6. The molecule has 0 saturated heterocycles. The van der Waals surface area contributed by atoms with Gasteiger partial charge in [0.15, 0.2) is 9.84 Å². The van der Waals surface area contributed by atoms with Gasteiger partial charge in [0, 0.05) is 18.4 Å². The maximum Gasteiger partial charge on any atom is 0.153 e. The Morgan fingerprint density at radius 1 is 1.11 bits per heavy atom. The third-order valence-corrected chi connectivity index (χ3v) is 5.41. The van der Waals surface area contributed by atoms with Crippen LogP contribution in [0.5, 0.6) is 0 Å². The van der Waals surface area contributed by atoms with Gasteiger partial charge in [-0.15, -0.1) is 0 Å². The summed E-state index contributed by atoms with van der Waals surface area (Å²) in [4.78, 5) is 11.8. The van der Waals surface area contributed by atoms with Crippen LogP contribution in [0.2, 0.25) is 0 Å². The van der Waals surface area contributed by atoms with Crippen molar-refractivity contribution in [2.24, 2.45) is 11.7 Å². The number of Topliss-reactive ketones (excluding diaryl/α,β-unsaturated/α-hetero) is 1. The van der Waals surface area contributed by atoms with Crippen molar-refractivity contribution in [1.82, 2.24) is 0 Å². The van der Waals surface area contributed by atoms with Gasteiger partial charge in [0.25, 0.3) is 0 Å². The van der Waals surface area contributed by atoms with Gasteiger partial charge < -0.3 is 5.73 Å². The van der Waals surface area contributed by atoms with Crippen molar-refractivity contribution in [2.45, 2.75) is 64.7 Å². The van der Waals surface area contributed by atoms with Crippen LogP contribution in [0.1, 0.15) is 53.4 Å². The van der Waals surface area contributed by atoms with Crippen LogP contribution < -0.4 is 5.73 Å². The fraction of sp³-hybridized carbons (Fsp3) is 0.923. The van der Waals surface area contributed by atoms with Crippen LogP contribution in [-0.2, 0) is 14.6 Å². The van der Waals surface area contributed by atoms with Gasteiger partial charge in [0.2, 0.25) is 0 Å². The van der Waals surface area contributed by atoms with Crippen LogP contribution in [0.3, 0.4) is 0 Å². The molecule has 0 aromatic rings. The summed E-state index contributed by atoms with van der Waals surface area (Å²) >= 11 is 0. The molecule has 0 aromatic heterocycles. The lowest BCUT2D eigenvalue weighted by molar-refractivity contribution is -0.122. The molecular weight excluding hydrogens is 250 g/mol. The van der Waals surface area contributed by atoms with E-state index in [1.807, 2.05) is 13.8 Å². The highest BCUT2D eigenvalue weighted by Gasteiger charge is 2.20. The highest BCUT2D eigenvalue weighted by atomic mass is 32.2. The second kappa shape index (κ2) is 7.89. The Kier molecular flexibility index (Phi) is 7.71. The van der Waals surface area contributed by atoms with Crippen LogP contribution >= 0.6 is 0 Å². The van der Waals surface area contributed by atoms with Gasteiger partial charge in [0.1, 0.15) is 5.78 Å². The maximum atomic E-state index is 11.8. The Hall–Kier alpha value is -0.420. The summed E-state index contributed by atoms with van der Waals surface area (Å²) in [6, 6.07) is 0.161. The number of hydrogen-bond donors (Lipinski definition) is 1. The second-order valence-corrected chi connectivity index (χ2v) is 8.12. The summed E-state index contributed by atoms with van der Waals surface area (Å²) in [6.45, 7) is 7.10. The molecule has 0 radical (unpaired) electrons. The summed E-state index contributed by atoms with van der Waals surface area (Å²) in [5, 5.41) is -0.404. The van der Waals surface area contributed by atoms with Crippen LogP contribution in [-0.4, -0.2) is 31.2 Å². The molecule has 5 heteroatoms. The van der Waals surface area contributed by atoms with E-state index in [0.29, 0.717) is 0 Å². The molecule has 0 aliphatic rings. The van der Waals surface area contributed by atoms with Gasteiger partial charge in [-0.25, -0.2) is 8.42 Å². The third kappa shape index (κ3) is 7.11. The van der Waals surface area contributed by atoms with Crippen LogP contribution in [0.15, 0.2) is 0 Å². The Bertz CT molecular complexity index is 347. The average molecular weight is 277 g/mol. The second-order valence-electron chi connectivity index (χ2n) is 5.44. The van der Waals surface area contributed by atoms with Crippen molar-refractivity contribution < 1.29 is 13.2 Å². The summed E-state index contributed by atoms with van der Waals surface area (Å²) in [5.74, 6) is -0.0452. The van der Waals surface area contributed by atoms with Crippen LogP contribution in [0.4, 0.5) is 0 Å². The van der Waals surface area contributed by atoms with E-state index < -0.39 is 15.1 Å². The van der Waals surface area contributed by atoms with E-state index in [4.69, 9.17) is 5.73 Å². The van der Waals surface area contributed by atoms with E-state index in [-0.39, 0.29) is 29.9 Å². The fourth-order valence-corrected chi connectivity index (χ4v) is 2.59. The van der Waals surface area contributed by atoms with Gasteiger partial charge in [0.05, 0.1) is 11.0 Å². The minimum absolute atomic E-state index is 0.0267. The summed E-state index contributed by atoms with van der Waals surface area (Å²) in [6.07, 6.45) is 2.76. The van der Waals surface area contributed by atoms with E-state index in [2.05, 4.69) is 0 Å². The SMILES string of the molecule is CC(N)CCCC(C)C(=O)CCS(=O)(=O)C(C)C. The van der Waals surface area contributed by atoms with Crippen molar-refractivity contribution in [3.8, 4) is 0 Å². The number of ketones is 1. The van der Waals surface area contributed by atoms with Crippen molar-refractivity contribution >= 4 is 15.6 Å². The normalized spacial score (nSPS) is 15.7. The van der Waals surface area contributed by atoms with Crippen LogP contribution in [0, 0.1) is 5.92 Å². The van der Waals surface area contributed by atoms with E-state index in [1.165, 1.54) is 0 Å². The Morgan fingerprint density at radius 2 is 1.67 bits per heavy atom. The van der Waals surface area contributed by atoms with Gasteiger partial charge in [-0.05, 0) is 33.6 Å². The number of carbonyl (C=O) groups excluding carboxylic acids is 1. The summed E-state index contributed by atoms with van der Waals surface area (Å²) in [5.41, 5.74) is 5.64. The fourth-order valence-electron chi connectivity index (χ4n) is 1.63. The average Bonchev–Trinajstić information content (AvgIpc) is 2.25. The van der Waals surface area contributed by atoms with E-state index in [9.17, 15) is 13.2 Å². The molecule has 0 rings (SSSR count). The molecule has 0 aliphatic heterocycles. The van der Waals surface area contributed by atoms with Crippen molar-refractivity contribution in [3.05, 3.63) is 0 Å². The topological polar surface area (TPSA) is 77.2 Å². The molecule has 0 heterocycles. The van der Waals surface area contributed by atoms with E-state index >= 15 is 0 Å². The maximum absolute atomic E-state index is 11.8. The van der Waals surface area contributed by atoms with Crippen molar-refractivity contribution in [3.63, 3.8) is 0 Å². The third-order valence-electron chi connectivity index (χ3n) is 3.20. The largest absolute Gasteiger partial charge is 0.328 e. The predicted molar refractivity (Wildman–Crippen MR) is 75.2 cm³/mol. The van der Waals surface area contributed by atoms with Crippen molar-refractivity contribution in [2.75, 3.05) is 5.75 Å². The highest BCUT2D eigenvalue weighted by Crippen LogP contribution is 2.13. The monoisotopic (exact) mass is 277 g/mol. The molecule has 2 N–H and O–H groups in total. The Labute approximate surface area is 111 Å². The first-order chi connectivity index (χ1) is 8.16. The molecule has 0 spiro atoms. The molecule has 2 atom stereocenters. The summed E-state index contributed by atoms with van der Waals surface area (Å²) < 4.78 is 23.2. The van der Waals surface area contributed by atoms with Crippen LogP contribution in [0.25, 0.3) is 0 Å². The standard InChI is InChI=1S/C13H27NO3S/c1-10(2)18(16,17)9-8-13(15)11(3)6-5-7-12(4)14/h10-12H,5-9,14H2,1-4H3. The highest BCUT2D eigenvalue weighted by molar-refractivity contribution is 7.91. The molecule has 108 valence electrons. The van der Waals surface area contributed by atoms with Gasteiger partial charge in [-0.2, -0.15) is 0 Å². The lowest BCUT2D eigenvalue weighted by Gasteiger charge is -2.12. The molecule has 0 aliphatic carbocycles. The van der Waals surface area contributed by atoms with Gasteiger partial charge in [-0.1, -0.05) is 13.3 Å². The summed E-state index contributed by atoms with van der Waals surface area (Å²) in [7, 11) is -3.10. The molecular formula is C13H27NO3S. The quantitative estimate of drug-likeness (QED) is 0.698. The lowest BCUT2D eigenvalue weighted by atomic mass is 9.97. The van der Waals surface area contributed by atoms with Gasteiger partial charge >= 0.3 is 0 Å². The zero-order valence-electron chi connectivity index (χ0n) is 12.0. The van der Waals surface area contributed by atoms with Crippen molar-refractivity contribution in [1.29, 1.82) is 0 Å². The minimum atomic E-state index is -3.10. The molecule has 2 unspecified atom stereocenters. The van der Waals surface area contributed by atoms with Gasteiger partial charge in [-0.3, -0.25) is 4.79 Å². The predicted octanol–water partition coefficient (Wildman–Crippen LogP) is 1.92.